The zero-order valence-electron chi connectivity index (χ0n) is 11.3. The molecular weight excluding hydrogens is 258 g/mol. The molecule has 20 heavy (non-hydrogen) atoms. The molecule has 2 aromatic rings. The number of benzene rings is 2. The van der Waals surface area contributed by atoms with Gasteiger partial charge in [0, 0.05) is 18.8 Å². The summed E-state index contributed by atoms with van der Waals surface area (Å²) in [5.41, 5.74) is 3.76. The summed E-state index contributed by atoms with van der Waals surface area (Å²) in [6.45, 7) is 2.94. The molecule has 0 saturated carbocycles. The van der Waals surface area contributed by atoms with Crippen molar-refractivity contribution >= 4 is 11.4 Å². The molecule has 2 aromatic carbocycles. The molecule has 3 rings (SSSR count). The number of halogens is 2. The molecule has 0 atom stereocenters. The number of hydrogen-bond donors (Lipinski definition) is 2. The van der Waals surface area contributed by atoms with Gasteiger partial charge in [-0.25, -0.2) is 8.78 Å². The van der Waals surface area contributed by atoms with Crippen molar-refractivity contribution < 1.29 is 8.78 Å². The molecule has 0 bridgehead atoms. The molecular formula is C16H16F2N2. The maximum absolute atomic E-state index is 13.9. The molecule has 0 amide bonds. The van der Waals surface area contributed by atoms with E-state index in [4.69, 9.17) is 0 Å². The van der Waals surface area contributed by atoms with E-state index in [9.17, 15) is 8.78 Å². The van der Waals surface area contributed by atoms with Crippen LogP contribution in [0.4, 0.5) is 20.2 Å². The number of aryl methyl sites for hydroxylation is 1. The van der Waals surface area contributed by atoms with Gasteiger partial charge in [-0.1, -0.05) is 24.3 Å². The van der Waals surface area contributed by atoms with Crippen molar-refractivity contribution in [2.24, 2.45) is 0 Å². The average molecular weight is 274 g/mol. The second-order valence-electron chi connectivity index (χ2n) is 5.03. The third-order valence-corrected chi connectivity index (χ3v) is 3.67. The van der Waals surface area contributed by atoms with E-state index in [1.54, 1.807) is 6.92 Å². The summed E-state index contributed by atoms with van der Waals surface area (Å²) in [7, 11) is 0. The fraction of sp³-hybridized carbons (Fsp3) is 0.250. The first-order valence-corrected chi connectivity index (χ1v) is 6.70. The first-order chi connectivity index (χ1) is 9.66. The van der Waals surface area contributed by atoms with Gasteiger partial charge in [-0.15, -0.1) is 0 Å². The van der Waals surface area contributed by atoms with Crippen molar-refractivity contribution in [3.05, 3.63) is 58.7 Å². The Balaban J connectivity index is 1.85. The molecule has 0 spiro atoms. The summed E-state index contributed by atoms with van der Waals surface area (Å²) in [6.07, 6.45) is 0.996. The third kappa shape index (κ3) is 2.22. The predicted octanol–water partition coefficient (Wildman–Crippen LogP) is 3.85. The standard InChI is InChI=1S/C16H16F2N2/c1-10-5-6-13(17)16(14(10)18)20-9-12-4-2-3-11-7-8-19-15(11)12/h2-6,19-20H,7-9H2,1H3. The Morgan fingerprint density at radius 2 is 2.05 bits per heavy atom. The molecule has 0 unspecified atom stereocenters. The van der Waals surface area contributed by atoms with E-state index in [2.05, 4.69) is 16.7 Å². The number of rotatable bonds is 3. The van der Waals surface area contributed by atoms with Crippen LogP contribution in [0.15, 0.2) is 30.3 Å². The summed E-state index contributed by atoms with van der Waals surface area (Å²) in [6, 6.07) is 8.75. The van der Waals surface area contributed by atoms with Crippen molar-refractivity contribution in [1.82, 2.24) is 0 Å². The van der Waals surface area contributed by atoms with Crippen LogP contribution in [0.1, 0.15) is 16.7 Å². The fourth-order valence-corrected chi connectivity index (χ4v) is 2.56. The first kappa shape index (κ1) is 12.9. The van der Waals surface area contributed by atoms with Crippen molar-refractivity contribution in [2.75, 3.05) is 17.2 Å². The molecule has 1 aliphatic heterocycles. The van der Waals surface area contributed by atoms with Gasteiger partial charge in [-0.05, 0) is 36.1 Å². The van der Waals surface area contributed by atoms with Crippen LogP contribution in [0.25, 0.3) is 0 Å². The van der Waals surface area contributed by atoms with E-state index < -0.39 is 11.6 Å². The predicted molar refractivity (Wildman–Crippen MR) is 77.1 cm³/mol. The van der Waals surface area contributed by atoms with E-state index in [1.165, 1.54) is 17.7 Å². The molecule has 1 aliphatic rings. The Morgan fingerprint density at radius 3 is 2.90 bits per heavy atom. The van der Waals surface area contributed by atoms with Crippen LogP contribution in [-0.4, -0.2) is 6.54 Å². The second kappa shape index (κ2) is 5.12. The van der Waals surface area contributed by atoms with Gasteiger partial charge in [0.2, 0.25) is 0 Å². The molecule has 1 heterocycles. The Bertz CT molecular complexity index is 653. The SMILES string of the molecule is Cc1ccc(F)c(NCc2cccc3c2NCC3)c1F. The molecule has 0 radical (unpaired) electrons. The lowest BCUT2D eigenvalue weighted by molar-refractivity contribution is 0.582. The quantitative estimate of drug-likeness (QED) is 0.888. The zero-order chi connectivity index (χ0) is 14.1. The highest BCUT2D eigenvalue weighted by Gasteiger charge is 2.15. The van der Waals surface area contributed by atoms with Crippen LogP contribution in [0.5, 0.6) is 0 Å². The van der Waals surface area contributed by atoms with Gasteiger partial charge in [0.05, 0.1) is 0 Å². The van der Waals surface area contributed by atoms with Crippen LogP contribution < -0.4 is 10.6 Å². The molecule has 0 aromatic heterocycles. The topological polar surface area (TPSA) is 24.1 Å². The Kier molecular flexibility index (Phi) is 3.30. The van der Waals surface area contributed by atoms with Gasteiger partial charge >= 0.3 is 0 Å². The van der Waals surface area contributed by atoms with Gasteiger partial charge < -0.3 is 10.6 Å². The minimum atomic E-state index is -0.561. The molecule has 2 N–H and O–H groups in total. The van der Waals surface area contributed by atoms with Crippen molar-refractivity contribution in [2.45, 2.75) is 19.9 Å². The summed E-state index contributed by atoms with van der Waals surface area (Å²) in [5, 5.41) is 6.20. The van der Waals surface area contributed by atoms with Crippen molar-refractivity contribution in [1.29, 1.82) is 0 Å². The van der Waals surface area contributed by atoms with Crippen molar-refractivity contribution in [3.8, 4) is 0 Å². The molecule has 4 heteroatoms. The molecule has 0 fully saturated rings. The minimum absolute atomic E-state index is 0.0550. The van der Waals surface area contributed by atoms with E-state index in [-0.39, 0.29) is 5.69 Å². The normalized spacial score (nSPS) is 12.9. The van der Waals surface area contributed by atoms with Gasteiger partial charge in [0.25, 0.3) is 0 Å². The van der Waals surface area contributed by atoms with Gasteiger partial charge in [0.1, 0.15) is 11.5 Å². The van der Waals surface area contributed by atoms with Gasteiger partial charge in [0.15, 0.2) is 5.82 Å². The average Bonchev–Trinajstić information content (AvgIpc) is 2.92. The van der Waals surface area contributed by atoms with Crippen LogP contribution in [0, 0.1) is 18.6 Å². The van der Waals surface area contributed by atoms with Crippen LogP contribution in [0.3, 0.4) is 0 Å². The highest BCUT2D eigenvalue weighted by Crippen LogP contribution is 2.28. The Hall–Kier alpha value is -2.10. The lowest BCUT2D eigenvalue weighted by atomic mass is 10.1. The van der Waals surface area contributed by atoms with E-state index in [1.807, 2.05) is 12.1 Å². The van der Waals surface area contributed by atoms with Crippen LogP contribution >= 0.6 is 0 Å². The monoisotopic (exact) mass is 274 g/mol. The molecule has 0 saturated heterocycles. The zero-order valence-corrected chi connectivity index (χ0v) is 11.3. The number of hydrogen-bond acceptors (Lipinski definition) is 2. The highest BCUT2D eigenvalue weighted by atomic mass is 19.1. The molecule has 0 aliphatic carbocycles. The number of nitrogens with one attached hydrogen (secondary N) is 2. The lowest BCUT2D eigenvalue weighted by Gasteiger charge is -2.13. The summed E-state index contributed by atoms with van der Waals surface area (Å²) >= 11 is 0. The van der Waals surface area contributed by atoms with E-state index >= 15 is 0 Å². The summed E-state index contributed by atoms with van der Waals surface area (Å²) < 4.78 is 27.6. The van der Waals surface area contributed by atoms with E-state index in [0.717, 1.165) is 24.2 Å². The molecule has 104 valence electrons. The minimum Gasteiger partial charge on any atom is -0.384 e. The van der Waals surface area contributed by atoms with Crippen LogP contribution in [0.2, 0.25) is 0 Å². The number of anilines is 2. The van der Waals surface area contributed by atoms with Crippen molar-refractivity contribution in [3.63, 3.8) is 0 Å². The first-order valence-electron chi connectivity index (χ1n) is 6.70. The van der Waals surface area contributed by atoms with Gasteiger partial charge in [-0.2, -0.15) is 0 Å². The number of para-hydroxylation sites is 1. The fourth-order valence-electron chi connectivity index (χ4n) is 2.56. The number of fused-ring (bicyclic) bond motifs is 1. The Labute approximate surface area is 116 Å². The highest BCUT2D eigenvalue weighted by molar-refractivity contribution is 5.62. The molecule has 2 nitrogen and oxygen atoms in total. The smallest absolute Gasteiger partial charge is 0.152 e. The lowest BCUT2D eigenvalue weighted by Crippen LogP contribution is -2.07. The maximum atomic E-state index is 13.9. The third-order valence-electron chi connectivity index (χ3n) is 3.67. The largest absolute Gasteiger partial charge is 0.384 e. The summed E-state index contributed by atoms with van der Waals surface area (Å²) in [5.74, 6) is -1.08. The van der Waals surface area contributed by atoms with E-state index in [0.29, 0.717) is 12.1 Å². The maximum Gasteiger partial charge on any atom is 0.152 e. The second-order valence-corrected chi connectivity index (χ2v) is 5.03. The summed E-state index contributed by atoms with van der Waals surface area (Å²) in [4.78, 5) is 0. The van der Waals surface area contributed by atoms with Gasteiger partial charge in [-0.3, -0.25) is 0 Å². The Morgan fingerprint density at radius 1 is 1.20 bits per heavy atom. The van der Waals surface area contributed by atoms with Crippen LogP contribution in [-0.2, 0) is 13.0 Å².